The number of unbranched alkanes of at least 4 members (excludes halogenated alkanes) is 1. The molecule has 0 spiro atoms. The molecule has 128 valence electrons. The van der Waals surface area contributed by atoms with Crippen LogP contribution in [0.4, 0.5) is 0 Å². The van der Waals surface area contributed by atoms with E-state index in [2.05, 4.69) is 0 Å². The van der Waals surface area contributed by atoms with Crippen LogP contribution >= 0.6 is 29.0 Å². The lowest BCUT2D eigenvalue weighted by molar-refractivity contribution is -0.303. The van der Waals surface area contributed by atoms with Gasteiger partial charge in [0.25, 0.3) is 5.91 Å². The quantitative estimate of drug-likeness (QED) is 0.356. The molecular weight excluding hydrogens is 349 g/mol. The Morgan fingerprint density at radius 3 is 2.86 bits per heavy atom. The monoisotopic (exact) mass is 371 g/mol. The van der Waals surface area contributed by atoms with Crippen LogP contribution in [0.2, 0.25) is 0 Å². The summed E-state index contributed by atoms with van der Waals surface area (Å²) in [6.45, 7) is 2.14. The predicted molar refractivity (Wildman–Crippen MR) is 87.5 cm³/mol. The molecule has 1 amide bonds. The molecule has 0 aromatic heterocycles. The summed E-state index contributed by atoms with van der Waals surface area (Å²) in [6.07, 6.45) is 3.60. The van der Waals surface area contributed by atoms with Crippen LogP contribution in [0.3, 0.4) is 0 Å². The third-order valence-corrected chi connectivity index (χ3v) is 7.49. The molecule has 0 aromatic rings. The lowest BCUT2D eigenvalue weighted by atomic mass is 10.2. The molecule has 1 saturated heterocycles. The summed E-state index contributed by atoms with van der Waals surface area (Å²) in [6, 6.07) is 0. The van der Waals surface area contributed by atoms with Crippen molar-refractivity contribution in [3.05, 3.63) is 0 Å². The summed E-state index contributed by atoms with van der Waals surface area (Å²) in [5.41, 5.74) is 0. The molecule has 1 N–H and O–H groups in total. The normalized spacial score (nSPS) is 19.0. The second kappa shape index (κ2) is 9.82. The van der Waals surface area contributed by atoms with Gasteiger partial charge in [-0.1, -0.05) is 28.5 Å². The first kappa shape index (κ1) is 19.8. The number of carbonyl (C=O) groups excluding carboxylic acids is 2. The zero-order valence-corrected chi connectivity index (χ0v) is 15.3. The van der Waals surface area contributed by atoms with E-state index in [1.807, 2.05) is 13.2 Å². The molecular formula is C12H22NO6PS2. The van der Waals surface area contributed by atoms with Crippen molar-refractivity contribution in [1.29, 1.82) is 0 Å². The molecule has 7 nitrogen and oxygen atoms in total. The Bertz CT molecular complexity index is 436. The van der Waals surface area contributed by atoms with E-state index in [4.69, 9.17) is 9.68 Å². The van der Waals surface area contributed by atoms with E-state index in [1.165, 1.54) is 0 Å². The van der Waals surface area contributed by atoms with E-state index in [-0.39, 0.29) is 42.9 Å². The number of nitrogens with zero attached hydrogens (tertiary/aromatic N) is 1. The van der Waals surface area contributed by atoms with Crippen molar-refractivity contribution >= 4 is 40.8 Å². The minimum Gasteiger partial charge on any atom is -0.344 e. The van der Waals surface area contributed by atoms with Crippen LogP contribution in [-0.4, -0.2) is 52.4 Å². The van der Waals surface area contributed by atoms with Gasteiger partial charge in [0.1, 0.15) is 0 Å². The molecule has 0 bridgehead atoms. The molecule has 1 aliphatic rings. The fourth-order valence-electron chi connectivity index (χ4n) is 1.91. The Balaban J connectivity index is 2.17. The number of hydrogen-bond acceptors (Lipinski definition) is 7. The maximum absolute atomic E-state index is 12.0. The van der Waals surface area contributed by atoms with Gasteiger partial charge in [0.05, 0.1) is 13.0 Å². The van der Waals surface area contributed by atoms with Gasteiger partial charge in [-0.2, -0.15) is 0 Å². The largest absolute Gasteiger partial charge is 0.344 e. The maximum Gasteiger partial charge on any atom is 0.335 e. The second-order valence-electron chi connectivity index (χ2n) is 4.98. The van der Waals surface area contributed by atoms with Crippen LogP contribution in [0.1, 0.15) is 32.6 Å². The molecule has 0 saturated carbocycles. The number of carbonyl (C=O) groups is 2. The summed E-state index contributed by atoms with van der Waals surface area (Å²) >= 11 is 0. The molecule has 1 heterocycles. The van der Waals surface area contributed by atoms with Gasteiger partial charge in [0, 0.05) is 24.0 Å². The maximum atomic E-state index is 12.0. The molecule has 1 fully saturated rings. The van der Waals surface area contributed by atoms with Crippen LogP contribution in [-0.2, 0) is 23.8 Å². The summed E-state index contributed by atoms with van der Waals surface area (Å²) in [5.74, 6) is -0.956. The van der Waals surface area contributed by atoms with Crippen molar-refractivity contribution in [2.45, 2.75) is 37.9 Å². The zero-order chi connectivity index (χ0) is 16.6. The van der Waals surface area contributed by atoms with Gasteiger partial charge in [-0.3, -0.25) is 9.36 Å². The van der Waals surface area contributed by atoms with Gasteiger partial charge in [0.15, 0.2) is 0 Å². The fourth-order valence-corrected chi connectivity index (χ4v) is 6.42. The number of hydroxylamine groups is 2. The Hall–Kier alpha value is -0.210. The summed E-state index contributed by atoms with van der Waals surface area (Å²) in [4.78, 5) is 42.1. The van der Waals surface area contributed by atoms with E-state index in [1.54, 1.807) is 21.6 Å². The Labute approximate surface area is 138 Å². The van der Waals surface area contributed by atoms with Crippen molar-refractivity contribution in [3.63, 3.8) is 0 Å². The van der Waals surface area contributed by atoms with Crippen molar-refractivity contribution < 1.29 is 28.7 Å². The van der Waals surface area contributed by atoms with Crippen molar-refractivity contribution in [2.24, 2.45) is 0 Å². The molecule has 10 heteroatoms. The van der Waals surface area contributed by atoms with Crippen LogP contribution in [0.5, 0.6) is 0 Å². The van der Waals surface area contributed by atoms with E-state index in [0.717, 1.165) is 0 Å². The van der Waals surface area contributed by atoms with E-state index < -0.39 is 13.3 Å². The number of hydrogen-bond donors (Lipinski definition) is 1. The molecule has 0 aromatic carbocycles. The van der Waals surface area contributed by atoms with Crippen molar-refractivity contribution in [2.75, 3.05) is 25.2 Å². The minimum atomic E-state index is -3.15. The molecule has 0 aliphatic carbocycles. The standard InChI is InChI=1S/C12H22NO6PS2/c1-10(22-21-2)9-20(16,17)8-4-3-5-12(15)19-13-11(14)6-7-18-13/h10H,3-9H2,1-2H3,(H,16,17). The average Bonchev–Trinajstić information content (AvgIpc) is 2.80. The second-order valence-corrected chi connectivity index (χ2v) is 10.4. The molecule has 2 unspecified atom stereocenters. The molecule has 2 atom stereocenters. The van der Waals surface area contributed by atoms with Crippen LogP contribution < -0.4 is 0 Å². The average molecular weight is 371 g/mol. The van der Waals surface area contributed by atoms with Gasteiger partial charge in [-0.15, -0.1) is 0 Å². The lowest BCUT2D eigenvalue weighted by Gasteiger charge is -2.15. The highest BCUT2D eigenvalue weighted by Gasteiger charge is 2.26. The summed E-state index contributed by atoms with van der Waals surface area (Å²) in [5, 5.41) is 0.731. The lowest BCUT2D eigenvalue weighted by Crippen LogP contribution is -2.27. The van der Waals surface area contributed by atoms with E-state index >= 15 is 0 Å². The van der Waals surface area contributed by atoms with Crippen LogP contribution in [0.15, 0.2) is 0 Å². The number of rotatable bonds is 10. The first-order chi connectivity index (χ1) is 10.3. The third-order valence-electron chi connectivity index (χ3n) is 2.85. The molecule has 0 radical (unpaired) electrons. The SMILES string of the molecule is CSSC(C)CP(=O)(O)CCCCC(=O)ON1OCCC1=O. The van der Waals surface area contributed by atoms with Gasteiger partial charge < -0.3 is 9.73 Å². The predicted octanol–water partition coefficient (Wildman–Crippen LogP) is 2.45. The summed E-state index contributed by atoms with van der Waals surface area (Å²) in [7, 11) is 0.00345. The van der Waals surface area contributed by atoms with Crippen molar-refractivity contribution in [3.8, 4) is 0 Å². The van der Waals surface area contributed by atoms with Gasteiger partial charge >= 0.3 is 5.97 Å². The van der Waals surface area contributed by atoms with Gasteiger partial charge in [-0.05, 0) is 24.3 Å². The minimum absolute atomic E-state index is 0.0856. The van der Waals surface area contributed by atoms with Crippen molar-refractivity contribution in [1.82, 2.24) is 5.23 Å². The van der Waals surface area contributed by atoms with Gasteiger partial charge in [-0.25, -0.2) is 9.63 Å². The Morgan fingerprint density at radius 1 is 1.55 bits per heavy atom. The Morgan fingerprint density at radius 2 is 2.27 bits per heavy atom. The number of amides is 1. The van der Waals surface area contributed by atoms with E-state index in [9.17, 15) is 19.0 Å². The summed E-state index contributed by atoms with van der Waals surface area (Å²) < 4.78 is 12.0. The smallest absolute Gasteiger partial charge is 0.335 e. The Kier molecular flexibility index (Phi) is 8.86. The highest BCUT2D eigenvalue weighted by Crippen LogP contribution is 2.45. The molecule has 22 heavy (non-hydrogen) atoms. The first-order valence-corrected chi connectivity index (χ1v) is 11.7. The molecule has 1 rings (SSSR count). The highest BCUT2D eigenvalue weighted by atomic mass is 33.1. The van der Waals surface area contributed by atoms with Crippen LogP contribution in [0, 0.1) is 0 Å². The van der Waals surface area contributed by atoms with E-state index in [0.29, 0.717) is 18.1 Å². The fraction of sp³-hybridized carbons (Fsp3) is 0.833. The topological polar surface area (TPSA) is 93.1 Å². The first-order valence-electron chi connectivity index (χ1n) is 7.01. The highest BCUT2D eigenvalue weighted by molar-refractivity contribution is 8.76. The van der Waals surface area contributed by atoms with Gasteiger partial charge in [0.2, 0.25) is 7.37 Å². The third kappa shape index (κ3) is 7.87. The molecule has 1 aliphatic heterocycles. The zero-order valence-electron chi connectivity index (χ0n) is 12.7. The van der Waals surface area contributed by atoms with Crippen LogP contribution in [0.25, 0.3) is 0 Å².